The van der Waals surface area contributed by atoms with E-state index in [0.29, 0.717) is 11.6 Å². The molecule has 0 N–H and O–H groups in total. The Morgan fingerprint density at radius 2 is 2.05 bits per heavy atom. The molecule has 104 valence electrons. The van der Waals surface area contributed by atoms with E-state index in [2.05, 4.69) is 4.90 Å². The zero-order valence-corrected chi connectivity index (χ0v) is 11.8. The zero-order chi connectivity index (χ0) is 14.0. The number of nitrogens with zero attached hydrogens (tertiary/aromatic N) is 2. The third-order valence-electron chi connectivity index (χ3n) is 3.13. The molecule has 0 amide bonds. The van der Waals surface area contributed by atoms with E-state index in [-0.39, 0.29) is 17.9 Å². The van der Waals surface area contributed by atoms with Gasteiger partial charge in [0.2, 0.25) is 0 Å². The van der Waals surface area contributed by atoms with Crippen LogP contribution in [0.15, 0.2) is 18.2 Å². The molecule has 1 fully saturated rings. The van der Waals surface area contributed by atoms with Crippen molar-refractivity contribution < 1.29 is 9.66 Å². The van der Waals surface area contributed by atoms with Crippen LogP contribution in [0.3, 0.4) is 0 Å². The van der Waals surface area contributed by atoms with Crippen LogP contribution in [-0.4, -0.2) is 35.1 Å². The third-order valence-corrected chi connectivity index (χ3v) is 3.50. The highest BCUT2D eigenvalue weighted by Gasteiger charge is 2.23. The summed E-state index contributed by atoms with van der Waals surface area (Å²) in [5, 5.41) is 11.4. The number of ether oxygens (including phenoxy) is 1. The molecule has 5 nitrogen and oxygen atoms in total. The molecule has 0 unspecified atom stereocenters. The van der Waals surface area contributed by atoms with Gasteiger partial charge in [0.1, 0.15) is 0 Å². The molecule has 0 radical (unpaired) electrons. The molecule has 1 aromatic rings. The molecule has 2 rings (SSSR count). The molecule has 0 aliphatic carbocycles. The van der Waals surface area contributed by atoms with Gasteiger partial charge in [0.25, 0.3) is 5.69 Å². The fourth-order valence-electron chi connectivity index (χ4n) is 2.45. The van der Waals surface area contributed by atoms with Gasteiger partial charge in [-0.1, -0.05) is 11.6 Å². The number of nitro groups is 1. The minimum atomic E-state index is -0.398. The smallest absolute Gasteiger partial charge is 0.269 e. The van der Waals surface area contributed by atoms with Gasteiger partial charge in [-0.15, -0.1) is 0 Å². The molecule has 6 heteroatoms. The predicted molar refractivity (Wildman–Crippen MR) is 73.4 cm³/mol. The second-order valence-corrected chi connectivity index (χ2v) is 5.39. The molecular formula is C13H17ClN2O3. The maximum absolute atomic E-state index is 10.8. The van der Waals surface area contributed by atoms with Crippen LogP contribution in [0.5, 0.6) is 0 Å². The van der Waals surface area contributed by atoms with E-state index in [0.717, 1.165) is 18.7 Å². The van der Waals surface area contributed by atoms with Crippen LogP contribution in [0.2, 0.25) is 5.02 Å². The summed E-state index contributed by atoms with van der Waals surface area (Å²) >= 11 is 6.11. The average Bonchev–Trinajstić information content (AvgIpc) is 2.30. The summed E-state index contributed by atoms with van der Waals surface area (Å²) in [6.45, 7) is 6.28. The fourth-order valence-corrected chi connectivity index (χ4v) is 2.63. The van der Waals surface area contributed by atoms with Crippen LogP contribution in [0.25, 0.3) is 0 Å². The maximum atomic E-state index is 10.8. The topological polar surface area (TPSA) is 55.6 Å². The summed E-state index contributed by atoms with van der Waals surface area (Å²) < 4.78 is 5.66. The van der Waals surface area contributed by atoms with Gasteiger partial charge in [-0.25, -0.2) is 0 Å². The monoisotopic (exact) mass is 284 g/mol. The SMILES string of the molecule is C[C@@H]1CN(Cc2cc([N+](=O)[O-])ccc2Cl)C[C@H](C)O1. The van der Waals surface area contributed by atoms with Gasteiger partial charge in [-0.2, -0.15) is 0 Å². The quantitative estimate of drug-likeness (QED) is 0.633. The Hall–Kier alpha value is -1.17. The Morgan fingerprint density at radius 1 is 1.42 bits per heavy atom. The molecule has 1 saturated heterocycles. The Kier molecular flexibility index (Phi) is 4.39. The second-order valence-electron chi connectivity index (χ2n) is 4.98. The largest absolute Gasteiger partial charge is 0.373 e. The van der Waals surface area contributed by atoms with E-state index in [4.69, 9.17) is 16.3 Å². The van der Waals surface area contributed by atoms with Crippen molar-refractivity contribution in [1.82, 2.24) is 4.90 Å². The summed E-state index contributed by atoms with van der Waals surface area (Å²) in [5.74, 6) is 0. The molecule has 1 aliphatic rings. The number of benzene rings is 1. The van der Waals surface area contributed by atoms with Crippen LogP contribution >= 0.6 is 11.6 Å². The van der Waals surface area contributed by atoms with Gasteiger partial charge in [0, 0.05) is 36.8 Å². The minimum Gasteiger partial charge on any atom is -0.373 e. The normalized spacial score (nSPS) is 24.4. The van der Waals surface area contributed by atoms with E-state index in [1.165, 1.54) is 6.07 Å². The lowest BCUT2D eigenvalue weighted by atomic mass is 10.1. The van der Waals surface area contributed by atoms with Crippen LogP contribution in [-0.2, 0) is 11.3 Å². The molecule has 1 aromatic carbocycles. The molecule has 1 heterocycles. The van der Waals surface area contributed by atoms with Gasteiger partial charge >= 0.3 is 0 Å². The van der Waals surface area contributed by atoms with Crippen molar-refractivity contribution in [3.63, 3.8) is 0 Å². The van der Waals surface area contributed by atoms with Crippen molar-refractivity contribution in [3.8, 4) is 0 Å². The second kappa shape index (κ2) is 5.86. The molecule has 1 aliphatic heterocycles. The number of hydrogen-bond donors (Lipinski definition) is 0. The van der Waals surface area contributed by atoms with Gasteiger partial charge in [0.05, 0.1) is 17.1 Å². The zero-order valence-electron chi connectivity index (χ0n) is 11.0. The standard InChI is InChI=1S/C13H17ClN2O3/c1-9-6-15(7-10(2)19-9)8-11-5-12(16(17)18)3-4-13(11)14/h3-5,9-10H,6-8H2,1-2H3/t9-,10+. The van der Waals surface area contributed by atoms with E-state index in [9.17, 15) is 10.1 Å². The Labute approximate surface area is 117 Å². The lowest BCUT2D eigenvalue weighted by Gasteiger charge is -2.35. The van der Waals surface area contributed by atoms with Crippen molar-refractivity contribution >= 4 is 17.3 Å². The number of halogens is 1. The Balaban J connectivity index is 2.13. The highest BCUT2D eigenvalue weighted by Crippen LogP contribution is 2.24. The van der Waals surface area contributed by atoms with Crippen LogP contribution in [0, 0.1) is 10.1 Å². The van der Waals surface area contributed by atoms with Gasteiger partial charge in [0.15, 0.2) is 0 Å². The highest BCUT2D eigenvalue weighted by molar-refractivity contribution is 6.31. The Bertz CT molecular complexity index is 471. The predicted octanol–water partition coefficient (Wildman–Crippen LogP) is 2.86. The number of hydrogen-bond acceptors (Lipinski definition) is 4. The van der Waals surface area contributed by atoms with Crippen molar-refractivity contribution in [2.75, 3.05) is 13.1 Å². The molecular weight excluding hydrogens is 268 g/mol. The van der Waals surface area contributed by atoms with E-state index in [1.54, 1.807) is 12.1 Å². The van der Waals surface area contributed by atoms with E-state index in [1.807, 2.05) is 13.8 Å². The maximum Gasteiger partial charge on any atom is 0.269 e. The van der Waals surface area contributed by atoms with Crippen molar-refractivity contribution in [3.05, 3.63) is 38.9 Å². The lowest BCUT2D eigenvalue weighted by molar-refractivity contribution is -0.384. The van der Waals surface area contributed by atoms with Crippen LogP contribution in [0.4, 0.5) is 5.69 Å². The van der Waals surface area contributed by atoms with Gasteiger partial charge < -0.3 is 4.74 Å². The summed E-state index contributed by atoms with van der Waals surface area (Å²) in [7, 11) is 0. The van der Waals surface area contributed by atoms with E-state index < -0.39 is 4.92 Å². The minimum absolute atomic E-state index is 0.0776. The first-order valence-electron chi connectivity index (χ1n) is 6.26. The first kappa shape index (κ1) is 14.2. The van der Waals surface area contributed by atoms with Crippen molar-refractivity contribution in [2.45, 2.75) is 32.6 Å². The Morgan fingerprint density at radius 3 is 2.63 bits per heavy atom. The molecule has 0 saturated carbocycles. The first-order chi connectivity index (χ1) is 8.95. The average molecular weight is 285 g/mol. The number of nitro benzene ring substituents is 1. The first-order valence-corrected chi connectivity index (χ1v) is 6.64. The number of non-ortho nitro benzene ring substituents is 1. The molecule has 0 aromatic heterocycles. The van der Waals surface area contributed by atoms with Crippen molar-refractivity contribution in [1.29, 1.82) is 0 Å². The van der Waals surface area contributed by atoms with Crippen molar-refractivity contribution in [2.24, 2.45) is 0 Å². The summed E-state index contributed by atoms with van der Waals surface area (Å²) in [4.78, 5) is 12.6. The highest BCUT2D eigenvalue weighted by atomic mass is 35.5. The molecule has 19 heavy (non-hydrogen) atoms. The van der Waals surface area contributed by atoms with Gasteiger partial charge in [-0.05, 0) is 25.5 Å². The van der Waals surface area contributed by atoms with E-state index >= 15 is 0 Å². The number of rotatable bonds is 3. The summed E-state index contributed by atoms with van der Waals surface area (Å²) in [6.07, 6.45) is 0.336. The summed E-state index contributed by atoms with van der Waals surface area (Å²) in [6, 6.07) is 4.56. The molecule has 0 bridgehead atoms. The van der Waals surface area contributed by atoms with Crippen LogP contribution in [0.1, 0.15) is 19.4 Å². The van der Waals surface area contributed by atoms with Crippen LogP contribution < -0.4 is 0 Å². The van der Waals surface area contributed by atoms with Gasteiger partial charge in [-0.3, -0.25) is 15.0 Å². The number of morpholine rings is 1. The lowest BCUT2D eigenvalue weighted by Crippen LogP contribution is -2.44. The molecule has 0 spiro atoms. The third kappa shape index (κ3) is 3.65. The summed E-state index contributed by atoms with van der Waals surface area (Å²) in [5.41, 5.74) is 0.867. The molecule has 2 atom stereocenters. The fraction of sp³-hybridized carbons (Fsp3) is 0.538.